The Hall–Kier alpha value is -3.50. The van der Waals surface area contributed by atoms with Gasteiger partial charge in [0.25, 0.3) is 0 Å². The summed E-state index contributed by atoms with van der Waals surface area (Å²) in [6.07, 6.45) is -3.35. The number of rotatable bonds is 6. The van der Waals surface area contributed by atoms with E-state index in [-0.39, 0.29) is 16.5 Å². The van der Waals surface area contributed by atoms with E-state index in [2.05, 4.69) is 20.0 Å². The van der Waals surface area contributed by atoms with Gasteiger partial charge >= 0.3 is 6.36 Å². The lowest BCUT2D eigenvalue weighted by atomic mass is 10.3. The first kappa shape index (κ1) is 21.7. The van der Waals surface area contributed by atoms with Crippen molar-refractivity contribution in [2.45, 2.75) is 12.9 Å². The predicted octanol–water partition coefficient (Wildman–Crippen LogP) is 5.51. The van der Waals surface area contributed by atoms with E-state index in [4.69, 9.17) is 22.1 Å². The van der Waals surface area contributed by atoms with Crippen LogP contribution < -0.4 is 20.5 Å². The molecule has 0 fully saturated rings. The van der Waals surface area contributed by atoms with Crippen molar-refractivity contribution in [3.05, 3.63) is 65.6 Å². The summed E-state index contributed by atoms with van der Waals surface area (Å²) in [7, 11) is 1.87. The van der Waals surface area contributed by atoms with Gasteiger partial charge in [0.05, 0.1) is 10.5 Å². The summed E-state index contributed by atoms with van der Waals surface area (Å²) < 4.78 is 48.7. The van der Waals surface area contributed by atoms with Crippen molar-refractivity contribution in [3.63, 3.8) is 0 Å². The monoisotopic (exact) mass is 463 g/mol. The van der Waals surface area contributed by atoms with Crippen molar-refractivity contribution in [2.24, 2.45) is 12.8 Å². The third kappa shape index (κ3) is 4.71. The molecule has 0 bridgehead atoms. The lowest BCUT2D eigenvalue weighted by Gasteiger charge is -2.13. The number of fused-ring (bicyclic) bond motifs is 1. The van der Waals surface area contributed by atoms with E-state index in [0.717, 1.165) is 22.8 Å². The molecule has 0 saturated heterocycles. The Morgan fingerprint density at radius 1 is 1.09 bits per heavy atom. The largest absolute Gasteiger partial charge is 0.573 e. The SMILES string of the molecule is Cn1c(CN)cc2ncnc(Nc3ccc(Oc4cccc(OC(F)(F)F)c4)c(Cl)c3)c21. The fourth-order valence-electron chi connectivity index (χ4n) is 3.17. The zero-order chi connectivity index (χ0) is 22.9. The van der Waals surface area contributed by atoms with Crippen LogP contribution in [-0.4, -0.2) is 20.9 Å². The van der Waals surface area contributed by atoms with Crippen LogP contribution in [0.15, 0.2) is 54.9 Å². The van der Waals surface area contributed by atoms with Crippen LogP contribution in [0.2, 0.25) is 5.02 Å². The molecular formula is C21H17ClF3N5O2. The summed E-state index contributed by atoms with van der Waals surface area (Å²) >= 11 is 6.34. The van der Waals surface area contributed by atoms with Crippen molar-refractivity contribution < 1.29 is 22.6 Å². The highest BCUT2D eigenvalue weighted by atomic mass is 35.5. The smallest absolute Gasteiger partial charge is 0.456 e. The van der Waals surface area contributed by atoms with Crippen molar-refractivity contribution >= 4 is 34.1 Å². The van der Waals surface area contributed by atoms with Crippen LogP contribution in [0.3, 0.4) is 0 Å². The number of aromatic nitrogens is 3. The molecule has 3 N–H and O–H groups in total. The maximum absolute atomic E-state index is 12.4. The standard InChI is InChI=1S/C21H17ClF3N5O2/c1-30-13(10-26)8-17-19(30)20(28-11-27-17)29-12-5-6-18(16(22)7-12)31-14-3-2-4-15(9-14)32-21(23,24)25/h2-9,11H,10,26H2,1H3,(H,27,28,29). The minimum Gasteiger partial charge on any atom is -0.456 e. The molecule has 0 aliphatic heterocycles. The molecule has 166 valence electrons. The van der Waals surface area contributed by atoms with Crippen molar-refractivity contribution in [1.29, 1.82) is 0 Å². The number of alkyl halides is 3. The Morgan fingerprint density at radius 3 is 2.59 bits per heavy atom. The summed E-state index contributed by atoms with van der Waals surface area (Å²) in [4.78, 5) is 8.57. The average Bonchev–Trinajstić information content (AvgIpc) is 3.06. The van der Waals surface area contributed by atoms with Gasteiger partial charge in [-0.15, -0.1) is 13.2 Å². The number of benzene rings is 2. The molecule has 0 amide bonds. The summed E-state index contributed by atoms with van der Waals surface area (Å²) in [5.41, 5.74) is 8.84. The third-order valence-electron chi connectivity index (χ3n) is 4.59. The molecule has 11 heteroatoms. The molecule has 0 aliphatic carbocycles. The van der Waals surface area contributed by atoms with Gasteiger partial charge in [-0.25, -0.2) is 9.97 Å². The second-order valence-corrected chi connectivity index (χ2v) is 7.16. The molecule has 2 aromatic heterocycles. The van der Waals surface area contributed by atoms with E-state index < -0.39 is 12.1 Å². The second-order valence-electron chi connectivity index (χ2n) is 6.75. The number of hydrogen-bond donors (Lipinski definition) is 2. The predicted molar refractivity (Wildman–Crippen MR) is 114 cm³/mol. The van der Waals surface area contributed by atoms with Crippen molar-refractivity contribution in [1.82, 2.24) is 14.5 Å². The number of aryl methyl sites for hydroxylation is 1. The first-order valence-corrected chi connectivity index (χ1v) is 9.71. The van der Waals surface area contributed by atoms with E-state index in [1.807, 2.05) is 17.7 Å². The van der Waals surface area contributed by atoms with Gasteiger partial charge in [0, 0.05) is 31.0 Å². The van der Waals surface area contributed by atoms with E-state index in [0.29, 0.717) is 18.1 Å². The topological polar surface area (TPSA) is 87.2 Å². The second kappa shape index (κ2) is 8.56. The van der Waals surface area contributed by atoms with E-state index in [1.165, 1.54) is 24.5 Å². The summed E-state index contributed by atoms with van der Waals surface area (Å²) in [5.74, 6) is 0.582. The van der Waals surface area contributed by atoms with Gasteiger partial charge in [-0.3, -0.25) is 0 Å². The van der Waals surface area contributed by atoms with E-state index in [1.54, 1.807) is 18.2 Å². The minimum atomic E-state index is -4.79. The normalized spacial score (nSPS) is 11.6. The number of nitrogens with zero attached hydrogens (tertiary/aromatic N) is 3. The zero-order valence-corrected chi connectivity index (χ0v) is 17.4. The molecule has 0 aliphatic rings. The molecule has 0 saturated carbocycles. The van der Waals surface area contributed by atoms with Crippen LogP contribution in [0.25, 0.3) is 11.0 Å². The first-order valence-electron chi connectivity index (χ1n) is 9.33. The Labute approximate surface area is 185 Å². The van der Waals surface area contributed by atoms with Gasteiger partial charge in [0.1, 0.15) is 29.1 Å². The van der Waals surface area contributed by atoms with Crippen LogP contribution in [0.5, 0.6) is 17.2 Å². The fourth-order valence-corrected chi connectivity index (χ4v) is 3.39. The lowest BCUT2D eigenvalue weighted by molar-refractivity contribution is -0.274. The molecule has 2 heterocycles. The number of nitrogens with one attached hydrogen (secondary N) is 1. The highest BCUT2D eigenvalue weighted by molar-refractivity contribution is 6.32. The highest BCUT2D eigenvalue weighted by Gasteiger charge is 2.31. The Kier molecular flexibility index (Phi) is 5.81. The van der Waals surface area contributed by atoms with Crippen LogP contribution in [0.1, 0.15) is 5.69 Å². The summed E-state index contributed by atoms with van der Waals surface area (Å²) in [6.45, 7) is 0.360. The molecule has 0 radical (unpaired) electrons. The molecule has 0 spiro atoms. The van der Waals surface area contributed by atoms with E-state index >= 15 is 0 Å². The van der Waals surface area contributed by atoms with Crippen molar-refractivity contribution in [3.8, 4) is 17.2 Å². The van der Waals surface area contributed by atoms with Crippen LogP contribution >= 0.6 is 11.6 Å². The van der Waals surface area contributed by atoms with Gasteiger partial charge < -0.3 is 25.1 Å². The number of ether oxygens (including phenoxy) is 2. The molecular weight excluding hydrogens is 447 g/mol. The third-order valence-corrected chi connectivity index (χ3v) is 4.89. The molecule has 4 rings (SSSR count). The Balaban J connectivity index is 1.55. The van der Waals surface area contributed by atoms with Gasteiger partial charge in [0.2, 0.25) is 0 Å². The minimum absolute atomic E-state index is 0.144. The quantitative estimate of drug-likeness (QED) is 0.392. The van der Waals surface area contributed by atoms with Crippen LogP contribution in [0.4, 0.5) is 24.7 Å². The maximum Gasteiger partial charge on any atom is 0.573 e. The first-order chi connectivity index (χ1) is 15.2. The highest BCUT2D eigenvalue weighted by Crippen LogP contribution is 2.35. The Morgan fingerprint density at radius 2 is 1.88 bits per heavy atom. The molecule has 4 aromatic rings. The summed E-state index contributed by atoms with van der Waals surface area (Å²) in [5, 5.41) is 3.44. The Bertz CT molecular complexity index is 1280. The molecule has 2 aromatic carbocycles. The average molecular weight is 464 g/mol. The molecule has 7 nitrogen and oxygen atoms in total. The van der Waals surface area contributed by atoms with Gasteiger partial charge in [-0.05, 0) is 36.4 Å². The molecule has 0 atom stereocenters. The zero-order valence-electron chi connectivity index (χ0n) is 16.7. The van der Waals surface area contributed by atoms with E-state index in [9.17, 15) is 13.2 Å². The number of halogens is 4. The lowest BCUT2D eigenvalue weighted by Crippen LogP contribution is -2.17. The number of nitrogens with two attached hydrogens (primary N) is 1. The van der Waals surface area contributed by atoms with Crippen LogP contribution in [0, 0.1) is 0 Å². The molecule has 32 heavy (non-hydrogen) atoms. The fraction of sp³-hybridized carbons (Fsp3) is 0.143. The van der Waals surface area contributed by atoms with Crippen molar-refractivity contribution in [2.75, 3.05) is 5.32 Å². The van der Waals surface area contributed by atoms with Gasteiger partial charge in [-0.2, -0.15) is 0 Å². The number of hydrogen-bond acceptors (Lipinski definition) is 6. The van der Waals surface area contributed by atoms with Crippen LogP contribution in [-0.2, 0) is 13.6 Å². The maximum atomic E-state index is 12.4. The van der Waals surface area contributed by atoms with Gasteiger partial charge in [-0.1, -0.05) is 17.7 Å². The van der Waals surface area contributed by atoms with Gasteiger partial charge in [0.15, 0.2) is 5.82 Å². The summed E-state index contributed by atoms with van der Waals surface area (Å²) in [6, 6.07) is 12.0. The molecule has 0 unspecified atom stereocenters. The number of anilines is 2.